The maximum Gasteiger partial charge on any atom is 0.220 e. The molecule has 0 aromatic heterocycles. The van der Waals surface area contributed by atoms with E-state index in [-0.39, 0.29) is 30.4 Å². The molecule has 1 aliphatic carbocycles. The molecule has 1 amide bonds. The number of fused-ring (bicyclic) bond motifs is 1. The highest BCUT2D eigenvalue weighted by molar-refractivity contribution is 7.99. The zero-order valence-electron chi connectivity index (χ0n) is 12.4. The molecule has 1 heterocycles. The number of nitrogens with two attached hydrogens (primary N) is 1. The van der Waals surface area contributed by atoms with Gasteiger partial charge in [0.25, 0.3) is 0 Å². The third-order valence-corrected chi connectivity index (χ3v) is 5.87. The number of thioether (sulfide) groups is 1. The van der Waals surface area contributed by atoms with E-state index in [0.29, 0.717) is 12.3 Å². The lowest BCUT2D eigenvalue weighted by Crippen LogP contribution is -2.34. The summed E-state index contributed by atoms with van der Waals surface area (Å²) >= 11 is 7.93. The molecular weight excluding hydrogens is 339 g/mol. The molecule has 1 aromatic carbocycles. The standard InChI is InChI=1S/C16H21ClN2OS.ClH/c17-11-4-5-15-12(9-11)14(6-7-21-15)19-16(20)8-10-2-1-3-13(10)18;/h4-5,9-10,13-14H,1-3,6-8,18H2,(H,19,20);1H/t10-,13+,14?;/m0./s1. The maximum atomic E-state index is 12.3. The summed E-state index contributed by atoms with van der Waals surface area (Å²) in [6.45, 7) is 0. The van der Waals surface area contributed by atoms with E-state index in [0.717, 1.165) is 42.0 Å². The minimum Gasteiger partial charge on any atom is -0.349 e. The Kier molecular flexibility index (Phi) is 6.45. The van der Waals surface area contributed by atoms with Crippen LogP contribution in [0.15, 0.2) is 23.1 Å². The number of carbonyl (C=O) groups is 1. The summed E-state index contributed by atoms with van der Waals surface area (Å²) in [6.07, 6.45) is 4.80. The Morgan fingerprint density at radius 1 is 1.36 bits per heavy atom. The lowest BCUT2D eigenvalue weighted by molar-refractivity contribution is -0.122. The number of hydrogen-bond acceptors (Lipinski definition) is 3. The second kappa shape index (κ2) is 7.91. The molecule has 0 radical (unpaired) electrons. The lowest BCUT2D eigenvalue weighted by atomic mass is 9.98. The van der Waals surface area contributed by atoms with Crippen LogP contribution in [-0.2, 0) is 4.79 Å². The molecule has 0 bridgehead atoms. The molecule has 1 unspecified atom stereocenters. The molecule has 0 saturated heterocycles. The van der Waals surface area contributed by atoms with Crippen molar-refractivity contribution in [1.29, 1.82) is 0 Å². The van der Waals surface area contributed by atoms with Crippen LogP contribution in [0.5, 0.6) is 0 Å². The van der Waals surface area contributed by atoms with E-state index in [1.165, 1.54) is 4.90 Å². The van der Waals surface area contributed by atoms with Crippen LogP contribution in [-0.4, -0.2) is 17.7 Å². The van der Waals surface area contributed by atoms with Gasteiger partial charge in [0.2, 0.25) is 5.91 Å². The van der Waals surface area contributed by atoms with E-state index in [4.69, 9.17) is 17.3 Å². The fourth-order valence-corrected chi connectivity index (χ4v) is 4.61. The maximum absolute atomic E-state index is 12.3. The third kappa shape index (κ3) is 4.10. The van der Waals surface area contributed by atoms with Gasteiger partial charge in [-0.05, 0) is 48.9 Å². The zero-order chi connectivity index (χ0) is 14.8. The molecule has 3 atom stereocenters. The van der Waals surface area contributed by atoms with E-state index in [2.05, 4.69) is 5.32 Å². The van der Waals surface area contributed by atoms with E-state index in [1.807, 2.05) is 30.0 Å². The number of hydrogen-bond donors (Lipinski definition) is 2. The summed E-state index contributed by atoms with van der Waals surface area (Å²) in [5.74, 6) is 1.50. The Bertz CT molecular complexity index is 541. The largest absolute Gasteiger partial charge is 0.349 e. The minimum absolute atomic E-state index is 0. The minimum atomic E-state index is 0. The van der Waals surface area contributed by atoms with Crippen molar-refractivity contribution in [2.45, 2.75) is 49.1 Å². The highest BCUT2D eigenvalue weighted by Crippen LogP contribution is 2.37. The van der Waals surface area contributed by atoms with E-state index in [1.54, 1.807) is 0 Å². The van der Waals surface area contributed by atoms with Crippen LogP contribution in [0.1, 0.15) is 43.7 Å². The van der Waals surface area contributed by atoms with Crippen molar-refractivity contribution >= 4 is 41.7 Å². The summed E-state index contributed by atoms with van der Waals surface area (Å²) in [5, 5.41) is 3.91. The van der Waals surface area contributed by atoms with E-state index < -0.39 is 0 Å². The van der Waals surface area contributed by atoms with E-state index >= 15 is 0 Å². The quantitative estimate of drug-likeness (QED) is 0.858. The molecular formula is C16H22Cl2N2OS. The average Bonchev–Trinajstić information content (AvgIpc) is 2.85. The number of halogens is 2. The second-order valence-electron chi connectivity index (χ2n) is 6.00. The van der Waals surface area contributed by atoms with Crippen molar-refractivity contribution in [2.24, 2.45) is 11.7 Å². The van der Waals surface area contributed by atoms with Crippen LogP contribution in [0.2, 0.25) is 5.02 Å². The van der Waals surface area contributed by atoms with Gasteiger partial charge in [-0.2, -0.15) is 0 Å². The molecule has 3 nitrogen and oxygen atoms in total. The Labute approximate surface area is 147 Å². The molecule has 1 fully saturated rings. The van der Waals surface area contributed by atoms with Crippen LogP contribution in [0.3, 0.4) is 0 Å². The molecule has 1 saturated carbocycles. The average molecular weight is 361 g/mol. The third-order valence-electron chi connectivity index (χ3n) is 4.51. The molecule has 6 heteroatoms. The number of amides is 1. The summed E-state index contributed by atoms with van der Waals surface area (Å²) in [5.41, 5.74) is 7.21. The topological polar surface area (TPSA) is 55.1 Å². The molecule has 3 rings (SSSR count). The Morgan fingerprint density at radius 3 is 2.91 bits per heavy atom. The predicted octanol–water partition coefficient (Wildman–Crippen LogP) is 3.93. The van der Waals surface area contributed by atoms with Crippen molar-refractivity contribution in [1.82, 2.24) is 5.32 Å². The zero-order valence-corrected chi connectivity index (χ0v) is 14.8. The normalized spacial score (nSPS) is 26.9. The molecule has 122 valence electrons. The monoisotopic (exact) mass is 360 g/mol. The Balaban J connectivity index is 0.00000176. The smallest absolute Gasteiger partial charge is 0.220 e. The number of carbonyl (C=O) groups excluding carboxylic acids is 1. The second-order valence-corrected chi connectivity index (χ2v) is 7.57. The molecule has 1 aliphatic heterocycles. The van der Waals surface area contributed by atoms with Gasteiger partial charge in [0, 0.05) is 28.1 Å². The Morgan fingerprint density at radius 2 is 2.18 bits per heavy atom. The van der Waals surface area contributed by atoms with Crippen molar-refractivity contribution in [2.75, 3.05) is 5.75 Å². The van der Waals surface area contributed by atoms with Gasteiger partial charge in [0.15, 0.2) is 0 Å². The molecule has 22 heavy (non-hydrogen) atoms. The number of rotatable bonds is 3. The highest BCUT2D eigenvalue weighted by atomic mass is 35.5. The SMILES string of the molecule is Cl.N[C@@H]1CCC[C@H]1CC(=O)NC1CCSc2ccc(Cl)cc21. The molecule has 2 aliphatic rings. The number of benzene rings is 1. The van der Waals surface area contributed by atoms with Gasteiger partial charge in [0.05, 0.1) is 6.04 Å². The van der Waals surface area contributed by atoms with Gasteiger partial charge in [-0.1, -0.05) is 18.0 Å². The van der Waals surface area contributed by atoms with Gasteiger partial charge in [-0.25, -0.2) is 0 Å². The van der Waals surface area contributed by atoms with Gasteiger partial charge >= 0.3 is 0 Å². The summed E-state index contributed by atoms with van der Waals surface area (Å²) in [6, 6.07) is 6.22. The van der Waals surface area contributed by atoms with Gasteiger partial charge < -0.3 is 11.1 Å². The molecule has 3 N–H and O–H groups in total. The summed E-state index contributed by atoms with van der Waals surface area (Å²) in [7, 11) is 0. The van der Waals surface area contributed by atoms with Crippen LogP contribution in [0.4, 0.5) is 0 Å². The van der Waals surface area contributed by atoms with Crippen molar-refractivity contribution in [3.8, 4) is 0 Å². The van der Waals surface area contributed by atoms with Crippen molar-refractivity contribution in [3.05, 3.63) is 28.8 Å². The summed E-state index contributed by atoms with van der Waals surface area (Å²) < 4.78 is 0. The summed E-state index contributed by atoms with van der Waals surface area (Å²) in [4.78, 5) is 13.5. The van der Waals surface area contributed by atoms with Crippen molar-refractivity contribution in [3.63, 3.8) is 0 Å². The highest BCUT2D eigenvalue weighted by Gasteiger charge is 2.28. The van der Waals surface area contributed by atoms with Gasteiger partial charge in [-0.15, -0.1) is 24.2 Å². The fraction of sp³-hybridized carbons (Fsp3) is 0.562. The van der Waals surface area contributed by atoms with Crippen LogP contribution >= 0.6 is 35.8 Å². The fourth-order valence-electron chi connectivity index (χ4n) is 3.33. The first-order valence-corrected chi connectivity index (χ1v) is 8.97. The molecule has 1 aromatic rings. The first-order valence-electron chi connectivity index (χ1n) is 7.60. The van der Waals surface area contributed by atoms with Crippen LogP contribution in [0.25, 0.3) is 0 Å². The number of nitrogens with one attached hydrogen (secondary N) is 1. The van der Waals surface area contributed by atoms with Crippen molar-refractivity contribution < 1.29 is 4.79 Å². The predicted molar refractivity (Wildman–Crippen MR) is 94.9 cm³/mol. The lowest BCUT2D eigenvalue weighted by Gasteiger charge is -2.27. The van der Waals surface area contributed by atoms with Gasteiger partial charge in [-0.3, -0.25) is 4.79 Å². The first-order chi connectivity index (χ1) is 10.1. The molecule has 0 spiro atoms. The van der Waals surface area contributed by atoms with Gasteiger partial charge in [0.1, 0.15) is 0 Å². The van der Waals surface area contributed by atoms with Crippen LogP contribution < -0.4 is 11.1 Å². The first kappa shape index (κ1) is 17.9. The Hall–Kier alpha value is -0.420. The van der Waals surface area contributed by atoms with E-state index in [9.17, 15) is 4.79 Å². The van der Waals surface area contributed by atoms with Crippen LogP contribution in [0, 0.1) is 5.92 Å².